The molecule has 3 aromatic rings. The Balaban J connectivity index is 1.99. The van der Waals surface area contributed by atoms with Crippen LogP contribution < -0.4 is 15.8 Å². The number of hydrogen-bond donors (Lipinski definition) is 3. The fraction of sp³-hybridized carbons (Fsp3) is 0.333. The second kappa shape index (κ2) is 7.62. The number of anilines is 1. The molecule has 3 aromatic heterocycles. The standard InChI is InChI=1S/C15H17ClN4O2S2/c1-22-12-10(5-8(17)7-21)24-13-11(12)19-15(16)20-14(13)18-6-9-3-2-4-23-9/h2-4,8,21H,5-7,17H2,1H3,(H,18,19,20). The van der Waals surface area contributed by atoms with E-state index in [0.717, 1.165) is 9.58 Å². The Morgan fingerprint density at radius 2 is 2.29 bits per heavy atom. The van der Waals surface area contributed by atoms with Gasteiger partial charge in [-0.2, -0.15) is 4.98 Å². The maximum atomic E-state index is 9.20. The van der Waals surface area contributed by atoms with Gasteiger partial charge in [0, 0.05) is 17.3 Å². The number of hydrogen-bond acceptors (Lipinski definition) is 8. The summed E-state index contributed by atoms with van der Waals surface area (Å²) in [6.45, 7) is 0.569. The lowest BCUT2D eigenvalue weighted by Crippen LogP contribution is -2.26. The van der Waals surface area contributed by atoms with Gasteiger partial charge in [-0.1, -0.05) is 6.07 Å². The van der Waals surface area contributed by atoms with Gasteiger partial charge in [-0.25, -0.2) is 4.98 Å². The average Bonchev–Trinajstić information content (AvgIpc) is 3.19. The number of methoxy groups -OCH3 is 1. The first kappa shape index (κ1) is 17.4. The van der Waals surface area contributed by atoms with Gasteiger partial charge in [0.15, 0.2) is 5.75 Å². The van der Waals surface area contributed by atoms with Crippen LogP contribution in [0.25, 0.3) is 10.2 Å². The molecule has 0 aliphatic rings. The van der Waals surface area contributed by atoms with E-state index in [-0.39, 0.29) is 17.9 Å². The summed E-state index contributed by atoms with van der Waals surface area (Å²) in [7, 11) is 1.59. The lowest BCUT2D eigenvalue weighted by molar-refractivity contribution is 0.265. The van der Waals surface area contributed by atoms with Crippen molar-refractivity contribution in [2.45, 2.75) is 19.0 Å². The molecule has 0 aliphatic heterocycles. The lowest BCUT2D eigenvalue weighted by Gasteiger charge is -2.07. The molecular weight excluding hydrogens is 368 g/mol. The molecule has 6 nitrogen and oxygen atoms in total. The molecule has 1 atom stereocenters. The van der Waals surface area contributed by atoms with Gasteiger partial charge >= 0.3 is 0 Å². The van der Waals surface area contributed by atoms with Crippen molar-refractivity contribution in [2.24, 2.45) is 5.73 Å². The minimum atomic E-state index is -0.349. The Morgan fingerprint density at radius 1 is 1.46 bits per heavy atom. The van der Waals surface area contributed by atoms with Crippen LogP contribution in [0.15, 0.2) is 17.5 Å². The van der Waals surface area contributed by atoms with Crippen LogP contribution in [0, 0.1) is 0 Å². The minimum absolute atomic E-state index is 0.0900. The van der Waals surface area contributed by atoms with Crippen molar-refractivity contribution >= 4 is 50.3 Å². The Kier molecular flexibility index (Phi) is 5.52. The van der Waals surface area contributed by atoms with E-state index in [1.165, 1.54) is 16.2 Å². The summed E-state index contributed by atoms with van der Waals surface area (Å²) in [6.07, 6.45) is 0.503. The van der Waals surface area contributed by atoms with Crippen molar-refractivity contribution in [3.05, 3.63) is 32.6 Å². The van der Waals surface area contributed by atoms with Crippen LogP contribution in [-0.2, 0) is 13.0 Å². The van der Waals surface area contributed by atoms with E-state index < -0.39 is 0 Å². The fourth-order valence-corrected chi connectivity index (χ4v) is 4.41. The van der Waals surface area contributed by atoms with E-state index in [1.807, 2.05) is 11.4 Å². The second-order valence-electron chi connectivity index (χ2n) is 5.16. The molecule has 3 heterocycles. The molecule has 128 valence electrons. The van der Waals surface area contributed by atoms with E-state index in [4.69, 9.17) is 22.1 Å². The van der Waals surface area contributed by atoms with Crippen LogP contribution >= 0.6 is 34.3 Å². The van der Waals surface area contributed by atoms with Gasteiger partial charge in [-0.05, 0) is 23.0 Å². The van der Waals surface area contributed by atoms with Gasteiger partial charge in [0.25, 0.3) is 0 Å². The van der Waals surface area contributed by atoms with Crippen LogP contribution in [0.5, 0.6) is 5.75 Å². The molecule has 24 heavy (non-hydrogen) atoms. The molecule has 3 rings (SSSR count). The summed E-state index contributed by atoms with van der Waals surface area (Å²) < 4.78 is 6.37. The highest BCUT2D eigenvalue weighted by molar-refractivity contribution is 7.20. The normalized spacial score (nSPS) is 12.5. The number of fused-ring (bicyclic) bond motifs is 1. The average molecular weight is 385 g/mol. The third kappa shape index (κ3) is 3.62. The van der Waals surface area contributed by atoms with E-state index >= 15 is 0 Å². The van der Waals surface area contributed by atoms with E-state index in [0.29, 0.717) is 30.0 Å². The Bertz CT molecular complexity index is 823. The molecule has 0 aliphatic carbocycles. The molecule has 0 aromatic carbocycles. The largest absolute Gasteiger partial charge is 0.493 e. The van der Waals surface area contributed by atoms with Gasteiger partial charge in [0.1, 0.15) is 11.3 Å². The topological polar surface area (TPSA) is 93.3 Å². The highest BCUT2D eigenvalue weighted by atomic mass is 35.5. The number of aliphatic hydroxyl groups is 1. The van der Waals surface area contributed by atoms with Crippen LogP contribution in [0.2, 0.25) is 5.28 Å². The summed E-state index contributed by atoms with van der Waals surface area (Å²) in [5.74, 6) is 1.31. The zero-order chi connectivity index (χ0) is 17.1. The first-order valence-corrected chi connectivity index (χ1v) is 9.35. The predicted octanol–water partition coefficient (Wildman–Crippen LogP) is 2.89. The number of nitrogens with two attached hydrogens (primary N) is 1. The van der Waals surface area contributed by atoms with Crippen molar-refractivity contribution in [2.75, 3.05) is 19.0 Å². The molecule has 0 saturated heterocycles. The van der Waals surface area contributed by atoms with Gasteiger partial charge in [-0.15, -0.1) is 22.7 Å². The van der Waals surface area contributed by atoms with Gasteiger partial charge < -0.3 is 20.9 Å². The first-order valence-electron chi connectivity index (χ1n) is 7.28. The highest BCUT2D eigenvalue weighted by Gasteiger charge is 2.20. The first-order chi connectivity index (χ1) is 11.6. The monoisotopic (exact) mass is 384 g/mol. The summed E-state index contributed by atoms with van der Waals surface area (Å²) >= 11 is 9.26. The van der Waals surface area contributed by atoms with E-state index in [1.54, 1.807) is 18.4 Å². The molecule has 0 fully saturated rings. The van der Waals surface area contributed by atoms with Gasteiger partial charge in [0.2, 0.25) is 5.28 Å². The highest BCUT2D eigenvalue weighted by Crippen LogP contribution is 2.40. The van der Waals surface area contributed by atoms with Crippen LogP contribution in [0.1, 0.15) is 9.75 Å². The van der Waals surface area contributed by atoms with Crippen LogP contribution in [0.3, 0.4) is 0 Å². The van der Waals surface area contributed by atoms with Crippen LogP contribution in [0.4, 0.5) is 5.82 Å². The van der Waals surface area contributed by atoms with Crippen molar-refractivity contribution in [3.8, 4) is 5.75 Å². The summed E-state index contributed by atoms with van der Waals surface area (Å²) in [4.78, 5) is 10.7. The Labute approximate surface area is 152 Å². The third-order valence-corrected chi connectivity index (χ3v) is 5.66. The van der Waals surface area contributed by atoms with Gasteiger partial charge in [0.05, 0.1) is 29.8 Å². The smallest absolute Gasteiger partial charge is 0.225 e. The molecular formula is C15H17ClN4O2S2. The lowest BCUT2D eigenvalue weighted by atomic mass is 10.2. The summed E-state index contributed by atoms with van der Waals surface area (Å²) in [6, 6.07) is 3.71. The quantitative estimate of drug-likeness (QED) is 0.542. The number of ether oxygens (including phenoxy) is 1. The van der Waals surface area contributed by atoms with Crippen molar-refractivity contribution in [3.63, 3.8) is 0 Å². The van der Waals surface area contributed by atoms with Crippen molar-refractivity contribution < 1.29 is 9.84 Å². The molecule has 0 bridgehead atoms. The number of nitrogens with one attached hydrogen (secondary N) is 1. The van der Waals surface area contributed by atoms with Crippen molar-refractivity contribution in [1.29, 1.82) is 0 Å². The number of halogens is 1. The zero-order valence-corrected chi connectivity index (χ0v) is 15.3. The molecule has 0 saturated carbocycles. The van der Waals surface area contributed by atoms with Gasteiger partial charge in [-0.3, -0.25) is 0 Å². The summed E-state index contributed by atoms with van der Waals surface area (Å²) in [5, 5.41) is 14.7. The maximum absolute atomic E-state index is 9.20. The number of aromatic nitrogens is 2. The molecule has 4 N–H and O–H groups in total. The molecule has 0 radical (unpaired) electrons. The Morgan fingerprint density at radius 3 is 2.96 bits per heavy atom. The summed E-state index contributed by atoms with van der Waals surface area (Å²) in [5.41, 5.74) is 6.53. The van der Waals surface area contributed by atoms with E-state index in [2.05, 4.69) is 21.4 Å². The third-order valence-electron chi connectivity index (χ3n) is 3.43. The molecule has 9 heteroatoms. The molecule has 1 unspecified atom stereocenters. The van der Waals surface area contributed by atoms with Crippen molar-refractivity contribution in [1.82, 2.24) is 9.97 Å². The number of thiophene rings is 2. The zero-order valence-electron chi connectivity index (χ0n) is 13.0. The molecule has 0 amide bonds. The minimum Gasteiger partial charge on any atom is -0.493 e. The SMILES string of the molecule is COc1c(CC(N)CO)sc2c(NCc3cccs3)nc(Cl)nc12. The fourth-order valence-electron chi connectivity index (χ4n) is 2.33. The number of nitrogens with zero attached hydrogens (tertiary/aromatic N) is 2. The van der Waals surface area contributed by atoms with E-state index in [9.17, 15) is 5.11 Å². The maximum Gasteiger partial charge on any atom is 0.225 e. The van der Waals surface area contributed by atoms with Crippen LogP contribution in [-0.4, -0.2) is 34.8 Å². The predicted molar refractivity (Wildman–Crippen MR) is 99.4 cm³/mol. The Hall–Kier alpha value is -1.45. The second-order valence-corrected chi connectivity index (χ2v) is 7.63. The number of rotatable bonds is 7. The molecule has 0 spiro atoms. The number of aliphatic hydroxyl groups excluding tert-OH is 1.